The van der Waals surface area contributed by atoms with E-state index in [1.807, 2.05) is 6.92 Å². The SMILES string of the molecule is CO[C@@H]1O[C@@H](O)[C@@H]2C(C)(C)CC[C@@H]3OC(=O)[C@@]45C[C@@H](CC[C@H]4[C@]132)[C@@H](C)C5=O. The van der Waals surface area contributed by atoms with Crippen molar-refractivity contribution in [2.24, 2.45) is 39.9 Å². The smallest absolute Gasteiger partial charge is 0.320 e. The fourth-order valence-electron chi connectivity index (χ4n) is 7.91. The number of rotatable bonds is 1. The normalized spacial score (nSPS) is 55.5. The number of hydrogen-bond acceptors (Lipinski definition) is 6. The van der Waals surface area contributed by atoms with Gasteiger partial charge in [-0.25, -0.2) is 0 Å². The fraction of sp³-hybridized carbons (Fsp3) is 0.905. The van der Waals surface area contributed by atoms with Crippen molar-refractivity contribution in [2.75, 3.05) is 7.11 Å². The second kappa shape index (κ2) is 5.33. The fourth-order valence-corrected chi connectivity index (χ4v) is 7.91. The van der Waals surface area contributed by atoms with Crippen LogP contribution < -0.4 is 0 Å². The Hall–Kier alpha value is -0.980. The minimum atomic E-state index is -1.09. The highest BCUT2D eigenvalue weighted by atomic mass is 16.7. The number of esters is 1. The molecule has 1 N–H and O–H groups in total. The van der Waals surface area contributed by atoms with Crippen LogP contribution in [-0.2, 0) is 23.8 Å². The van der Waals surface area contributed by atoms with Crippen LogP contribution in [-0.4, -0.2) is 42.7 Å². The lowest BCUT2D eigenvalue weighted by Gasteiger charge is -2.62. The molecule has 0 aromatic rings. The molecule has 0 aromatic carbocycles. The van der Waals surface area contributed by atoms with Crippen LogP contribution in [0, 0.1) is 39.9 Å². The molecule has 2 aliphatic heterocycles. The minimum Gasteiger partial charge on any atom is -0.461 e. The van der Waals surface area contributed by atoms with Crippen LogP contribution in [0.3, 0.4) is 0 Å². The van der Waals surface area contributed by atoms with Crippen LogP contribution in [0.15, 0.2) is 0 Å². The van der Waals surface area contributed by atoms with E-state index in [4.69, 9.17) is 14.2 Å². The maximum atomic E-state index is 13.4. The summed E-state index contributed by atoms with van der Waals surface area (Å²) in [6, 6.07) is 0. The molecule has 3 saturated carbocycles. The molecule has 0 aromatic heterocycles. The molecule has 0 radical (unpaired) electrons. The molecule has 2 heterocycles. The zero-order chi connectivity index (χ0) is 19.4. The second-order valence-corrected chi connectivity index (χ2v) is 10.2. The number of carbonyl (C=O) groups is 2. The Bertz CT molecular complexity index is 703. The molecule has 2 bridgehead atoms. The first-order valence-electron chi connectivity index (χ1n) is 10.3. The topological polar surface area (TPSA) is 82.1 Å². The largest absolute Gasteiger partial charge is 0.461 e. The molecule has 5 aliphatic rings. The predicted molar refractivity (Wildman–Crippen MR) is 94.1 cm³/mol. The molecule has 0 unspecified atom stereocenters. The number of ketones is 1. The summed E-state index contributed by atoms with van der Waals surface area (Å²) in [4.78, 5) is 26.7. The molecule has 150 valence electrons. The lowest BCUT2D eigenvalue weighted by molar-refractivity contribution is -0.273. The Kier molecular flexibility index (Phi) is 3.57. The molecule has 6 nitrogen and oxygen atoms in total. The first-order valence-corrected chi connectivity index (χ1v) is 10.3. The Morgan fingerprint density at radius 1 is 1.19 bits per heavy atom. The predicted octanol–water partition coefficient (Wildman–Crippen LogP) is 2.28. The molecule has 9 atom stereocenters. The average molecular weight is 378 g/mol. The van der Waals surface area contributed by atoms with Gasteiger partial charge in [0.25, 0.3) is 0 Å². The van der Waals surface area contributed by atoms with Crippen molar-refractivity contribution >= 4 is 11.8 Å². The van der Waals surface area contributed by atoms with E-state index in [-0.39, 0.29) is 46.9 Å². The van der Waals surface area contributed by atoms with Crippen molar-refractivity contribution in [2.45, 2.75) is 71.6 Å². The summed E-state index contributed by atoms with van der Waals surface area (Å²) < 4.78 is 17.7. The standard InChI is InChI=1S/C21H30O6/c1-10-11-5-6-12-20(9-11,15(10)22)17(24)26-13-7-8-19(2,3)14-16(23)27-18(25-4)21(12,13)14/h10-14,16,18,23H,5-9H2,1-4H3/t10-,11-,12-,13+,14-,16-,18-,20+,21+/m1/s1. The zero-order valence-corrected chi connectivity index (χ0v) is 16.6. The summed E-state index contributed by atoms with van der Waals surface area (Å²) in [6.07, 6.45) is 1.82. The molecular formula is C21H30O6. The quantitative estimate of drug-likeness (QED) is 0.557. The molecule has 27 heavy (non-hydrogen) atoms. The van der Waals surface area contributed by atoms with E-state index in [9.17, 15) is 14.7 Å². The summed E-state index contributed by atoms with van der Waals surface area (Å²) in [7, 11) is 1.58. The van der Waals surface area contributed by atoms with Gasteiger partial charge in [0.15, 0.2) is 18.4 Å². The Morgan fingerprint density at radius 2 is 1.93 bits per heavy atom. The van der Waals surface area contributed by atoms with Gasteiger partial charge in [0.2, 0.25) is 0 Å². The number of carbonyl (C=O) groups excluding carboxylic acids is 2. The zero-order valence-electron chi connectivity index (χ0n) is 16.6. The van der Waals surface area contributed by atoms with E-state index in [0.717, 1.165) is 19.3 Å². The molecule has 5 fully saturated rings. The van der Waals surface area contributed by atoms with Crippen LogP contribution in [0.4, 0.5) is 0 Å². The highest BCUT2D eigenvalue weighted by Crippen LogP contribution is 2.72. The van der Waals surface area contributed by atoms with Crippen LogP contribution >= 0.6 is 0 Å². The number of fused-ring (bicyclic) bond motifs is 1. The van der Waals surface area contributed by atoms with Crippen LogP contribution in [0.2, 0.25) is 0 Å². The van der Waals surface area contributed by atoms with E-state index in [1.54, 1.807) is 7.11 Å². The minimum absolute atomic E-state index is 0.0335. The van der Waals surface area contributed by atoms with Crippen molar-refractivity contribution in [1.29, 1.82) is 0 Å². The molecule has 0 amide bonds. The Balaban J connectivity index is 1.74. The molecule has 2 spiro atoms. The number of aliphatic hydroxyl groups excluding tert-OH is 1. The summed E-state index contributed by atoms with van der Waals surface area (Å²) in [6.45, 7) is 6.25. The maximum Gasteiger partial charge on any atom is 0.320 e. The van der Waals surface area contributed by atoms with Crippen LogP contribution in [0.5, 0.6) is 0 Å². The van der Waals surface area contributed by atoms with Crippen molar-refractivity contribution in [1.82, 2.24) is 0 Å². The van der Waals surface area contributed by atoms with Crippen molar-refractivity contribution < 1.29 is 28.9 Å². The van der Waals surface area contributed by atoms with Gasteiger partial charge in [0.05, 0.1) is 5.41 Å². The summed E-state index contributed by atoms with van der Waals surface area (Å²) in [5, 5.41) is 10.9. The molecule has 3 aliphatic carbocycles. The van der Waals surface area contributed by atoms with Gasteiger partial charge in [0.1, 0.15) is 11.5 Å². The highest BCUT2D eigenvalue weighted by Gasteiger charge is 2.80. The van der Waals surface area contributed by atoms with Crippen LogP contribution in [0.1, 0.15) is 52.9 Å². The third-order valence-corrected chi connectivity index (χ3v) is 8.94. The number of methoxy groups -OCH3 is 1. The third kappa shape index (κ3) is 1.83. The van der Waals surface area contributed by atoms with Gasteiger partial charge < -0.3 is 19.3 Å². The lowest BCUT2D eigenvalue weighted by Crippen LogP contribution is -2.70. The molecule has 5 rings (SSSR count). The van der Waals surface area contributed by atoms with Gasteiger partial charge in [0, 0.05) is 18.9 Å². The second-order valence-electron chi connectivity index (χ2n) is 10.2. The number of hydrogen-bond donors (Lipinski definition) is 1. The van der Waals surface area contributed by atoms with Crippen molar-refractivity contribution in [3.8, 4) is 0 Å². The summed E-state index contributed by atoms with van der Waals surface area (Å²) in [5.41, 5.74) is -1.96. The monoisotopic (exact) mass is 378 g/mol. The third-order valence-electron chi connectivity index (χ3n) is 8.94. The van der Waals surface area contributed by atoms with E-state index in [1.165, 1.54) is 0 Å². The molecule has 2 saturated heterocycles. The average Bonchev–Trinajstić information content (AvgIpc) is 3.04. The van der Waals surface area contributed by atoms with Gasteiger partial charge in [-0.15, -0.1) is 0 Å². The summed E-state index contributed by atoms with van der Waals surface area (Å²) >= 11 is 0. The van der Waals surface area contributed by atoms with Gasteiger partial charge in [-0.2, -0.15) is 0 Å². The van der Waals surface area contributed by atoms with Gasteiger partial charge >= 0.3 is 5.97 Å². The number of ether oxygens (including phenoxy) is 3. The van der Waals surface area contributed by atoms with E-state index in [2.05, 4.69) is 13.8 Å². The van der Waals surface area contributed by atoms with Crippen LogP contribution in [0.25, 0.3) is 0 Å². The molecule has 6 heteroatoms. The maximum absolute atomic E-state index is 13.4. The summed E-state index contributed by atoms with van der Waals surface area (Å²) in [5.74, 6) is -0.597. The van der Waals surface area contributed by atoms with E-state index >= 15 is 0 Å². The van der Waals surface area contributed by atoms with E-state index < -0.39 is 23.4 Å². The lowest BCUT2D eigenvalue weighted by atomic mass is 9.43. The van der Waals surface area contributed by atoms with Gasteiger partial charge in [-0.05, 0) is 49.4 Å². The molecular weight excluding hydrogens is 348 g/mol. The Labute approximate surface area is 159 Å². The number of aliphatic hydroxyl groups is 1. The van der Waals surface area contributed by atoms with Crippen molar-refractivity contribution in [3.63, 3.8) is 0 Å². The van der Waals surface area contributed by atoms with Gasteiger partial charge in [-0.1, -0.05) is 20.8 Å². The van der Waals surface area contributed by atoms with Gasteiger partial charge in [-0.3, -0.25) is 9.59 Å². The number of Topliss-reactive ketones (excluding diaryl/α,β-unsaturated/α-hetero) is 1. The van der Waals surface area contributed by atoms with Crippen molar-refractivity contribution in [3.05, 3.63) is 0 Å². The first kappa shape index (κ1) is 18.1. The highest BCUT2D eigenvalue weighted by molar-refractivity contribution is 6.07. The van der Waals surface area contributed by atoms with E-state index in [0.29, 0.717) is 12.8 Å². The Morgan fingerprint density at radius 3 is 2.63 bits per heavy atom. The first-order chi connectivity index (χ1) is 12.7.